The Bertz CT molecular complexity index is 577. The van der Waals surface area contributed by atoms with Gasteiger partial charge in [-0.15, -0.1) is 0 Å². The number of hydrogen-bond acceptors (Lipinski definition) is 3. The molecule has 1 heterocycles. The van der Waals surface area contributed by atoms with Gasteiger partial charge in [-0.1, -0.05) is 20.3 Å². The molecule has 2 aliphatic carbocycles. The quantitative estimate of drug-likeness (QED) is 0.895. The first-order valence-corrected chi connectivity index (χ1v) is 8.76. The Morgan fingerprint density at radius 1 is 1.43 bits per heavy atom. The number of aromatic nitrogens is 2. The number of hydrogen-bond donors (Lipinski definition) is 1. The van der Waals surface area contributed by atoms with Crippen LogP contribution in [-0.2, 0) is 6.54 Å². The summed E-state index contributed by atoms with van der Waals surface area (Å²) in [7, 11) is 0. The molecule has 0 spiro atoms. The zero-order valence-corrected chi connectivity index (χ0v) is 14.4. The van der Waals surface area contributed by atoms with Crippen molar-refractivity contribution >= 4 is 21.6 Å². The summed E-state index contributed by atoms with van der Waals surface area (Å²) in [5.74, 6) is 0.634. The minimum atomic E-state index is 0.0148. The Hall–Kier alpha value is -0.840. The van der Waals surface area contributed by atoms with Crippen LogP contribution in [-0.4, -0.2) is 15.8 Å². The highest BCUT2D eigenvalue weighted by Gasteiger charge is 2.31. The van der Waals surface area contributed by atoms with Gasteiger partial charge in [0.1, 0.15) is 5.69 Å². The SMILES string of the molecule is CC1(C)CCC(Nc2c(Br)cnn(CC3CCC3)c2=O)C1. The van der Waals surface area contributed by atoms with Gasteiger partial charge in [-0.05, 0) is 59.4 Å². The molecule has 1 aromatic heterocycles. The predicted molar refractivity (Wildman–Crippen MR) is 88.6 cm³/mol. The minimum absolute atomic E-state index is 0.0148. The van der Waals surface area contributed by atoms with E-state index < -0.39 is 0 Å². The summed E-state index contributed by atoms with van der Waals surface area (Å²) in [5.41, 5.74) is 1.08. The van der Waals surface area contributed by atoms with E-state index in [1.165, 1.54) is 25.7 Å². The van der Waals surface area contributed by atoms with Crippen molar-refractivity contribution in [3.8, 4) is 0 Å². The fourth-order valence-electron chi connectivity index (χ4n) is 3.41. The Balaban J connectivity index is 1.77. The lowest BCUT2D eigenvalue weighted by molar-refractivity contribution is 0.262. The highest BCUT2D eigenvalue weighted by atomic mass is 79.9. The zero-order chi connectivity index (χ0) is 15.0. The number of nitrogens with zero attached hydrogens (tertiary/aromatic N) is 2. The Labute approximate surface area is 134 Å². The third kappa shape index (κ3) is 3.33. The molecule has 0 aliphatic heterocycles. The van der Waals surface area contributed by atoms with Crippen LogP contribution in [0.4, 0.5) is 5.69 Å². The van der Waals surface area contributed by atoms with Crippen molar-refractivity contribution < 1.29 is 0 Å². The highest BCUT2D eigenvalue weighted by Crippen LogP contribution is 2.38. The van der Waals surface area contributed by atoms with Crippen LogP contribution < -0.4 is 10.9 Å². The van der Waals surface area contributed by atoms with Gasteiger partial charge >= 0.3 is 0 Å². The summed E-state index contributed by atoms with van der Waals surface area (Å²) in [4.78, 5) is 12.6. The van der Waals surface area contributed by atoms with E-state index in [-0.39, 0.29) is 5.56 Å². The summed E-state index contributed by atoms with van der Waals surface area (Å²) in [5, 5.41) is 7.74. The summed E-state index contributed by atoms with van der Waals surface area (Å²) in [6, 6.07) is 0.392. The van der Waals surface area contributed by atoms with Crippen LogP contribution in [0.1, 0.15) is 52.4 Å². The van der Waals surface area contributed by atoms with Crippen LogP contribution in [0.3, 0.4) is 0 Å². The van der Waals surface area contributed by atoms with E-state index >= 15 is 0 Å². The van der Waals surface area contributed by atoms with Crippen LogP contribution >= 0.6 is 15.9 Å². The highest BCUT2D eigenvalue weighted by molar-refractivity contribution is 9.10. The van der Waals surface area contributed by atoms with Gasteiger partial charge in [0.2, 0.25) is 0 Å². The fourth-order valence-corrected chi connectivity index (χ4v) is 3.79. The van der Waals surface area contributed by atoms with Gasteiger partial charge in [-0.3, -0.25) is 4.79 Å². The molecular formula is C16H24BrN3O. The smallest absolute Gasteiger partial charge is 0.291 e. The molecule has 1 N–H and O–H groups in total. The number of rotatable bonds is 4. The van der Waals surface area contributed by atoms with Crippen molar-refractivity contribution in [3.63, 3.8) is 0 Å². The van der Waals surface area contributed by atoms with Crippen molar-refractivity contribution in [2.75, 3.05) is 5.32 Å². The molecule has 1 aromatic rings. The summed E-state index contributed by atoms with van der Waals surface area (Å²) >= 11 is 3.48. The van der Waals surface area contributed by atoms with Gasteiger partial charge < -0.3 is 5.32 Å². The molecule has 5 heteroatoms. The minimum Gasteiger partial charge on any atom is -0.377 e. The first kappa shape index (κ1) is 15.1. The van der Waals surface area contributed by atoms with Crippen LogP contribution in [0.25, 0.3) is 0 Å². The van der Waals surface area contributed by atoms with Gasteiger partial charge in [0, 0.05) is 12.6 Å². The zero-order valence-electron chi connectivity index (χ0n) is 12.9. The van der Waals surface area contributed by atoms with Crippen molar-refractivity contribution in [1.29, 1.82) is 0 Å². The number of nitrogens with one attached hydrogen (secondary N) is 1. The van der Waals surface area contributed by atoms with E-state index in [1.807, 2.05) is 0 Å². The molecule has 3 rings (SSSR count). The average molecular weight is 354 g/mol. The molecule has 21 heavy (non-hydrogen) atoms. The first-order valence-electron chi connectivity index (χ1n) is 7.97. The Morgan fingerprint density at radius 2 is 2.19 bits per heavy atom. The van der Waals surface area contributed by atoms with Crippen LogP contribution in [0.15, 0.2) is 15.5 Å². The topological polar surface area (TPSA) is 46.9 Å². The Morgan fingerprint density at radius 3 is 2.76 bits per heavy atom. The van der Waals surface area contributed by atoms with Crippen molar-refractivity contribution in [1.82, 2.24) is 9.78 Å². The summed E-state index contributed by atoms with van der Waals surface area (Å²) in [6.45, 7) is 5.35. The third-order valence-corrected chi connectivity index (χ3v) is 5.57. The van der Waals surface area contributed by atoms with Crippen molar-refractivity contribution in [2.45, 2.75) is 65.0 Å². The normalized spacial score (nSPS) is 24.8. The molecule has 2 saturated carbocycles. The maximum atomic E-state index is 12.6. The second-order valence-electron chi connectivity index (χ2n) is 7.40. The molecule has 2 aliphatic rings. The molecule has 1 unspecified atom stereocenters. The van der Waals surface area contributed by atoms with Crippen LogP contribution in [0.5, 0.6) is 0 Å². The van der Waals surface area contributed by atoms with Crippen molar-refractivity contribution in [2.24, 2.45) is 11.3 Å². The predicted octanol–water partition coefficient (Wildman–Crippen LogP) is 3.80. The van der Waals surface area contributed by atoms with Crippen LogP contribution in [0.2, 0.25) is 0 Å². The molecule has 1 atom stereocenters. The molecule has 0 aromatic carbocycles. The van der Waals surface area contributed by atoms with E-state index in [0.29, 0.717) is 23.1 Å². The second-order valence-corrected chi connectivity index (χ2v) is 8.25. The van der Waals surface area contributed by atoms with Gasteiger partial charge in [0.05, 0.1) is 10.7 Å². The fraction of sp³-hybridized carbons (Fsp3) is 0.750. The van der Waals surface area contributed by atoms with Gasteiger partial charge in [-0.2, -0.15) is 5.10 Å². The first-order chi connectivity index (χ1) is 9.94. The van der Waals surface area contributed by atoms with Gasteiger partial charge in [-0.25, -0.2) is 4.68 Å². The average Bonchev–Trinajstić information content (AvgIpc) is 2.71. The van der Waals surface area contributed by atoms with E-state index in [9.17, 15) is 4.79 Å². The molecular weight excluding hydrogens is 330 g/mol. The molecule has 0 saturated heterocycles. The van der Waals surface area contributed by atoms with Gasteiger partial charge in [0.25, 0.3) is 5.56 Å². The molecule has 2 fully saturated rings. The van der Waals surface area contributed by atoms with Crippen LogP contribution in [0, 0.1) is 11.3 Å². The molecule has 116 valence electrons. The third-order valence-electron chi connectivity index (χ3n) is 4.97. The van der Waals surface area contributed by atoms with E-state index in [1.54, 1.807) is 10.9 Å². The molecule has 4 nitrogen and oxygen atoms in total. The number of halogens is 1. The molecule has 0 amide bonds. The van der Waals surface area contributed by atoms with E-state index in [2.05, 4.69) is 40.2 Å². The second kappa shape index (κ2) is 5.75. The summed E-state index contributed by atoms with van der Waals surface area (Å²) < 4.78 is 2.42. The van der Waals surface area contributed by atoms with Gasteiger partial charge in [0.15, 0.2) is 0 Å². The largest absolute Gasteiger partial charge is 0.377 e. The van der Waals surface area contributed by atoms with E-state index in [4.69, 9.17) is 0 Å². The lowest BCUT2D eigenvalue weighted by Crippen LogP contribution is -2.32. The van der Waals surface area contributed by atoms with E-state index in [0.717, 1.165) is 23.9 Å². The maximum absolute atomic E-state index is 12.6. The monoisotopic (exact) mass is 353 g/mol. The number of anilines is 1. The summed E-state index contributed by atoms with van der Waals surface area (Å²) in [6.07, 6.45) is 8.95. The molecule has 0 radical (unpaired) electrons. The van der Waals surface area contributed by atoms with Crippen molar-refractivity contribution in [3.05, 3.63) is 21.0 Å². The standard InChI is InChI=1S/C16H24BrN3O/c1-16(2)7-6-12(8-16)19-14-13(17)9-18-20(15(14)21)10-11-4-3-5-11/h9,11-12,19H,3-8,10H2,1-2H3. The Kier molecular flexibility index (Phi) is 4.12. The lowest BCUT2D eigenvalue weighted by Gasteiger charge is -2.25. The molecule has 0 bridgehead atoms. The maximum Gasteiger partial charge on any atom is 0.291 e. The lowest BCUT2D eigenvalue weighted by atomic mass is 9.85.